The summed E-state index contributed by atoms with van der Waals surface area (Å²) >= 11 is 0. The van der Waals surface area contributed by atoms with Crippen molar-refractivity contribution >= 4 is 0 Å². The Morgan fingerprint density at radius 3 is 1.92 bits per heavy atom. The van der Waals surface area contributed by atoms with Crippen molar-refractivity contribution in [1.29, 1.82) is 0 Å². The molecule has 0 saturated heterocycles. The van der Waals surface area contributed by atoms with Gasteiger partial charge in [-0.1, -0.05) is 0 Å². The molecule has 0 unspecified atom stereocenters. The summed E-state index contributed by atoms with van der Waals surface area (Å²) in [6, 6.07) is 0.533. The lowest BCUT2D eigenvalue weighted by molar-refractivity contribution is 0.182. The van der Waals surface area contributed by atoms with Crippen molar-refractivity contribution in [1.82, 2.24) is 4.90 Å². The lowest BCUT2D eigenvalue weighted by Crippen LogP contribution is -2.33. The van der Waals surface area contributed by atoms with Crippen LogP contribution in [0.4, 0.5) is 0 Å². The minimum atomic E-state index is 0.267. The second-order valence-corrected chi connectivity index (χ2v) is 3.64. The first-order valence-electron chi connectivity index (χ1n) is 5.18. The van der Waals surface area contributed by atoms with E-state index in [9.17, 15) is 0 Å². The van der Waals surface area contributed by atoms with Crippen LogP contribution in [-0.2, 0) is 0 Å². The number of nitrogens with zero attached hydrogens (tertiary/aromatic N) is 1. The molecular weight excluding hydrogens is 166 g/mol. The Balaban J connectivity index is 3.54. The quantitative estimate of drug-likeness (QED) is 0.556. The van der Waals surface area contributed by atoms with Crippen LogP contribution in [0.5, 0.6) is 0 Å². The van der Waals surface area contributed by atoms with Crippen molar-refractivity contribution in [2.45, 2.75) is 39.2 Å². The molecule has 0 aliphatic rings. The Labute approximate surface area is 81.4 Å². The maximum absolute atomic E-state index is 8.70. The van der Waals surface area contributed by atoms with E-state index in [0.29, 0.717) is 6.04 Å². The molecule has 0 saturated carbocycles. The van der Waals surface area contributed by atoms with Gasteiger partial charge in [0.15, 0.2) is 0 Å². The van der Waals surface area contributed by atoms with E-state index in [4.69, 9.17) is 10.2 Å². The van der Waals surface area contributed by atoms with Crippen LogP contribution in [0.1, 0.15) is 33.1 Å². The molecule has 0 aliphatic heterocycles. The Bertz CT molecular complexity index is 107. The number of hydrogen-bond acceptors (Lipinski definition) is 3. The Morgan fingerprint density at radius 2 is 1.46 bits per heavy atom. The molecule has 0 rings (SSSR count). The average Bonchev–Trinajstić information content (AvgIpc) is 2.10. The molecule has 0 amide bonds. The second kappa shape index (κ2) is 8.48. The van der Waals surface area contributed by atoms with Crippen molar-refractivity contribution in [2.24, 2.45) is 0 Å². The van der Waals surface area contributed by atoms with Crippen LogP contribution >= 0.6 is 0 Å². The molecule has 3 heteroatoms. The van der Waals surface area contributed by atoms with Gasteiger partial charge in [-0.3, -0.25) is 0 Å². The van der Waals surface area contributed by atoms with Crippen LogP contribution in [0.3, 0.4) is 0 Å². The molecular formula is C10H23NO2. The largest absolute Gasteiger partial charge is 0.396 e. The number of aliphatic hydroxyl groups is 2. The van der Waals surface area contributed by atoms with Gasteiger partial charge in [0, 0.05) is 25.8 Å². The fourth-order valence-corrected chi connectivity index (χ4v) is 1.33. The van der Waals surface area contributed by atoms with E-state index in [1.165, 1.54) is 0 Å². The van der Waals surface area contributed by atoms with Gasteiger partial charge in [-0.25, -0.2) is 0 Å². The predicted molar refractivity (Wildman–Crippen MR) is 54.7 cm³/mol. The summed E-state index contributed by atoms with van der Waals surface area (Å²) in [7, 11) is 0. The number of unbranched alkanes of at least 4 members (excludes halogenated alkanes) is 1. The monoisotopic (exact) mass is 189 g/mol. The Hall–Kier alpha value is -0.120. The zero-order valence-corrected chi connectivity index (χ0v) is 8.87. The standard InChI is InChI=1S/C10H23NO2/c1-10(2)11(7-5-9-13)6-3-4-8-12/h10,12-13H,3-9H2,1-2H3. The average molecular weight is 189 g/mol. The van der Waals surface area contributed by atoms with Crippen molar-refractivity contribution < 1.29 is 10.2 Å². The fraction of sp³-hybridized carbons (Fsp3) is 1.00. The first-order chi connectivity index (χ1) is 6.22. The number of hydrogen-bond donors (Lipinski definition) is 2. The maximum Gasteiger partial charge on any atom is 0.0443 e. The van der Waals surface area contributed by atoms with E-state index in [-0.39, 0.29) is 13.2 Å². The first-order valence-corrected chi connectivity index (χ1v) is 5.18. The van der Waals surface area contributed by atoms with Crippen LogP contribution in [-0.4, -0.2) is 47.5 Å². The number of aliphatic hydroxyl groups excluding tert-OH is 2. The van der Waals surface area contributed by atoms with Crippen molar-refractivity contribution in [3.63, 3.8) is 0 Å². The zero-order valence-electron chi connectivity index (χ0n) is 8.87. The molecule has 0 heterocycles. The summed E-state index contributed by atoms with van der Waals surface area (Å²) in [5, 5.41) is 17.3. The van der Waals surface area contributed by atoms with E-state index >= 15 is 0 Å². The molecule has 80 valence electrons. The summed E-state index contributed by atoms with van der Waals surface area (Å²) in [5.41, 5.74) is 0. The third-order valence-electron chi connectivity index (χ3n) is 2.19. The smallest absolute Gasteiger partial charge is 0.0443 e. The summed E-state index contributed by atoms with van der Waals surface area (Å²) in [4.78, 5) is 2.34. The normalized spacial score (nSPS) is 11.5. The highest BCUT2D eigenvalue weighted by molar-refractivity contribution is 4.62. The highest BCUT2D eigenvalue weighted by atomic mass is 16.3. The molecule has 0 bridgehead atoms. The maximum atomic E-state index is 8.70. The fourth-order valence-electron chi connectivity index (χ4n) is 1.33. The van der Waals surface area contributed by atoms with E-state index in [1.54, 1.807) is 0 Å². The molecule has 0 radical (unpaired) electrons. The van der Waals surface area contributed by atoms with Gasteiger partial charge in [-0.05, 0) is 39.7 Å². The van der Waals surface area contributed by atoms with Crippen LogP contribution < -0.4 is 0 Å². The second-order valence-electron chi connectivity index (χ2n) is 3.64. The molecule has 13 heavy (non-hydrogen) atoms. The SMILES string of the molecule is CC(C)N(CCCO)CCCCO. The van der Waals surface area contributed by atoms with Gasteiger partial charge in [0.1, 0.15) is 0 Å². The minimum absolute atomic E-state index is 0.267. The van der Waals surface area contributed by atoms with Gasteiger partial charge in [-0.15, -0.1) is 0 Å². The Morgan fingerprint density at radius 1 is 0.923 bits per heavy atom. The molecule has 0 aromatic heterocycles. The predicted octanol–water partition coefficient (Wildman–Crippen LogP) is 0.852. The summed E-state index contributed by atoms with van der Waals surface area (Å²) in [5.74, 6) is 0. The van der Waals surface area contributed by atoms with Crippen LogP contribution in [0, 0.1) is 0 Å². The molecule has 0 aromatic carbocycles. The van der Waals surface area contributed by atoms with Gasteiger partial charge in [0.2, 0.25) is 0 Å². The van der Waals surface area contributed by atoms with Gasteiger partial charge in [0.25, 0.3) is 0 Å². The molecule has 0 atom stereocenters. The van der Waals surface area contributed by atoms with E-state index < -0.39 is 0 Å². The molecule has 0 fully saturated rings. The van der Waals surface area contributed by atoms with Crippen molar-refractivity contribution in [3.05, 3.63) is 0 Å². The zero-order chi connectivity index (χ0) is 10.1. The van der Waals surface area contributed by atoms with Gasteiger partial charge in [-0.2, -0.15) is 0 Å². The minimum Gasteiger partial charge on any atom is -0.396 e. The summed E-state index contributed by atoms with van der Waals surface area (Å²) < 4.78 is 0. The van der Waals surface area contributed by atoms with Gasteiger partial charge < -0.3 is 15.1 Å². The van der Waals surface area contributed by atoms with Crippen LogP contribution in [0.2, 0.25) is 0 Å². The molecule has 0 aliphatic carbocycles. The lowest BCUT2D eigenvalue weighted by atomic mass is 10.2. The van der Waals surface area contributed by atoms with Gasteiger partial charge >= 0.3 is 0 Å². The molecule has 0 aromatic rings. The van der Waals surface area contributed by atoms with Crippen LogP contribution in [0.25, 0.3) is 0 Å². The molecule has 2 N–H and O–H groups in total. The summed E-state index contributed by atoms with van der Waals surface area (Å²) in [6.07, 6.45) is 2.76. The number of rotatable bonds is 8. The van der Waals surface area contributed by atoms with E-state index in [2.05, 4.69) is 18.7 Å². The first kappa shape index (κ1) is 12.9. The van der Waals surface area contributed by atoms with E-state index in [1.807, 2.05) is 0 Å². The topological polar surface area (TPSA) is 43.7 Å². The van der Waals surface area contributed by atoms with Crippen molar-refractivity contribution in [3.8, 4) is 0 Å². The van der Waals surface area contributed by atoms with E-state index in [0.717, 1.165) is 32.4 Å². The molecule has 3 nitrogen and oxygen atoms in total. The Kier molecular flexibility index (Phi) is 8.40. The highest BCUT2D eigenvalue weighted by Crippen LogP contribution is 2.02. The highest BCUT2D eigenvalue weighted by Gasteiger charge is 2.07. The summed E-state index contributed by atoms with van der Waals surface area (Å²) in [6.45, 7) is 6.86. The van der Waals surface area contributed by atoms with Crippen molar-refractivity contribution in [2.75, 3.05) is 26.3 Å². The lowest BCUT2D eigenvalue weighted by Gasteiger charge is -2.25. The van der Waals surface area contributed by atoms with Crippen LogP contribution in [0.15, 0.2) is 0 Å². The third-order valence-corrected chi connectivity index (χ3v) is 2.19. The van der Waals surface area contributed by atoms with Gasteiger partial charge in [0.05, 0.1) is 0 Å². The molecule has 0 spiro atoms. The third kappa shape index (κ3) is 6.99.